The molecule has 0 aliphatic heterocycles. The van der Waals surface area contributed by atoms with Gasteiger partial charge in [0.2, 0.25) is 0 Å². The molecule has 0 bridgehead atoms. The number of nitrogen functional groups attached to an aromatic ring is 2. The summed E-state index contributed by atoms with van der Waals surface area (Å²) in [4.78, 5) is 0. The quantitative estimate of drug-likeness (QED) is 0.433. The van der Waals surface area contributed by atoms with Crippen molar-refractivity contribution in [2.75, 3.05) is 51.1 Å². The second-order valence-electron chi connectivity index (χ2n) is 3.59. The molecule has 0 fully saturated rings. The van der Waals surface area contributed by atoms with Crippen molar-refractivity contribution in [3.8, 4) is 5.75 Å². The SMILES string of the molecule is Nc1ccc(N)c(OCCOCCOCCO)c1. The van der Waals surface area contributed by atoms with E-state index in [1.165, 1.54) is 0 Å². The standard InChI is InChI=1S/C12H20N2O4/c13-10-1-2-11(14)12(9-10)18-8-7-17-6-5-16-4-3-15/h1-2,9,15H,3-8,13-14H2. The van der Waals surface area contributed by atoms with E-state index in [-0.39, 0.29) is 6.61 Å². The van der Waals surface area contributed by atoms with E-state index >= 15 is 0 Å². The van der Waals surface area contributed by atoms with Gasteiger partial charge in [0.05, 0.1) is 38.7 Å². The largest absolute Gasteiger partial charge is 0.489 e. The Morgan fingerprint density at radius 1 is 0.944 bits per heavy atom. The van der Waals surface area contributed by atoms with Crippen molar-refractivity contribution < 1.29 is 19.3 Å². The summed E-state index contributed by atoms with van der Waals surface area (Å²) in [6.07, 6.45) is 0. The Kier molecular flexibility index (Phi) is 6.93. The second-order valence-corrected chi connectivity index (χ2v) is 3.59. The van der Waals surface area contributed by atoms with Crippen molar-refractivity contribution in [2.24, 2.45) is 0 Å². The van der Waals surface area contributed by atoms with Gasteiger partial charge in [0.15, 0.2) is 0 Å². The van der Waals surface area contributed by atoms with Crippen LogP contribution in [-0.4, -0.2) is 44.7 Å². The molecule has 0 aliphatic rings. The maximum atomic E-state index is 8.47. The van der Waals surface area contributed by atoms with Crippen LogP contribution in [0, 0.1) is 0 Å². The maximum Gasteiger partial charge on any atom is 0.144 e. The lowest BCUT2D eigenvalue weighted by Crippen LogP contribution is -2.12. The molecule has 5 N–H and O–H groups in total. The Hall–Kier alpha value is -1.50. The van der Waals surface area contributed by atoms with Crippen LogP contribution in [0.15, 0.2) is 18.2 Å². The van der Waals surface area contributed by atoms with E-state index < -0.39 is 0 Å². The van der Waals surface area contributed by atoms with Gasteiger partial charge >= 0.3 is 0 Å². The fourth-order valence-corrected chi connectivity index (χ4v) is 1.27. The minimum absolute atomic E-state index is 0.0256. The van der Waals surface area contributed by atoms with Crippen LogP contribution in [0.2, 0.25) is 0 Å². The summed E-state index contributed by atoms with van der Waals surface area (Å²) in [7, 11) is 0. The molecule has 1 aromatic rings. The van der Waals surface area contributed by atoms with Crippen molar-refractivity contribution in [3.63, 3.8) is 0 Å². The number of aliphatic hydroxyl groups excluding tert-OH is 1. The molecule has 0 saturated heterocycles. The number of aliphatic hydroxyl groups is 1. The third kappa shape index (κ3) is 5.72. The lowest BCUT2D eigenvalue weighted by molar-refractivity contribution is 0.0248. The van der Waals surface area contributed by atoms with Gasteiger partial charge in [-0.15, -0.1) is 0 Å². The molecule has 1 aromatic carbocycles. The molecule has 0 heterocycles. The molecule has 0 unspecified atom stereocenters. The van der Waals surface area contributed by atoms with Gasteiger partial charge < -0.3 is 30.8 Å². The molecule has 0 saturated carbocycles. The average Bonchev–Trinajstić information content (AvgIpc) is 2.36. The smallest absolute Gasteiger partial charge is 0.144 e. The minimum atomic E-state index is 0.0256. The molecular weight excluding hydrogens is 236 g/mol. The first-order valence-corrected chi connectivity index (χ1v) is 5.78. The van der Waals surface area contributed by atoms with Crippen LogP contribution in [-0.2, 0) is 9.47 Å². The number of benzene rings is 1. The van der Waals surface area contributed by atoms with Crippen LogP contribution in [0.3, 0.4) is 0 Å². The van der Waals surface area contributed by atoms with Gasteiger partial charge in [-0.3, -0.25) is 0 Å². The first kappa shape index (κ1) is 14.6. The minimum Gasteiger partial charge on any atom is -0.489 e. The third-order valence-electron chi connectivity index (χ3n) is 2.13. The third-order valence-corrected chi connectivity index (χ3v) is 2.13. The van der Waals surface area contributed by atoms with E-state index in [4.69, 9.17) is 30.8 Å². The Balaban J connectivity index is 2.09. The highest BCUT2D eigenvalue weighted by Crippen LogP contribution is 2.23. The van der Waals surface area contributed by atoms with Crippen LogP contribution in [0.25, 0.3) is 0 Å². The van der Waals surface area contributed by atoms with Crippen LogP contribution in [0.1, 0.15) is 0 Å². The highest BCUT2D eigenvalue weighted by Gasteiger charge is 2.00. The highest BCUT2D eigenvalue weighted by molar-refractivity contribution is 5.59. The lowest BCUT2D eigenvalue weighted by Gasteiger charge is -2.10. The molecule has 102 valence electrons. The van der Waals surface area contributed by atoms with E-state index in [2.05, 4.69) is 0 Å². The monoisotopic (exact) mass is 256 g/mol. The molecule has 0 aliphatic carbocycles. The zero-order valence-corrected chi connectivity index (χ0v) is 10.3. The van der Waals surface area contributed by atoms with Gasteiger partial charge in [0.25, 0.3) is 0 Å². The van der Waals surface area contributed by atoms with E-state index in [0.29, 0.717) is 50.2 Å². The van der Waals surface area contributed by atoms with Gasteiger partial charge in [-0.25, -0.2) is 0 Å². The molecule has 6 nitrogen and oxygen atoms in total. The zero-order valence-electron chi connectivity index (χ0n) is 10.3. The fraction of sp³-hybridized carbons (Fsp3) is 0.500. The fourth-order valence-electron chi connectivity index (χ4n) is 1.27. The van der Waals surface area contributed by atoms with E-state index in [1.54, 1.807) is 18.2 Å². The first-order valence-electron chi connectivity index (χ1n) is 5.78. The summed E-state index contributed by atoms with van der Waals surface area (Å²) in [5.41, 5.74) is 12.5. The zero-order chi connectivity index (χ0) is 13.2. The maximum absolute atomic E-state index is 8.47. The van der Waals surface area contributed by atoms with Gasteiger partial charge in [-0.05, 0) is 12.1 Å². The molecule has 0 amide bonds. The summed E-state index contributed by atoms with van der Waals surface area (Å²) < 4.78 is 15.7. The van der Waals surface area contributed by atoms with Gasteiger partial charge in [0, 0.05) is 11.8 Å². The Morgan fingerprint density at radius 3 is 2.33 bits per heavy atom. The predicted molar refractivity (Wildman–Crippen MR) is 69.5 cm³/mol. The van der Waals surface area contributed by atoms with Crippen molar-refractivity contribution in [1.29, 1.82) is 0 Å². The van der Waals surface area contributed by atoms with Crippen LogP contribution in [0.5, 0.6) is 5.75 Å². The molecule has 1 rings (SSSR count). The van der Waals surface area contributed by atoms with Crippen LogP contribution < -0.4 is 16.2 Å². The normalized spacial score (nSPS) is 10.5. The summed E-state index contributed by atoms with van der Waals surface area (Å²) in [5, 5.41) is 8.47. The second kappa shape index (κ2) is 8.57. The lowest BCUT2D eigenvalue weighted by atomic mass is 10.2. The first-order chi connectivity index (χ1) is 8.74. The molecule has 0 spiro atoms. The van der Waals surface area contributed by atoms with Gasteiger partial charge in [-0.1, -0.05) is 0 Å². The summed E-state index contributed by atoms with van der Waals surface area (Å²) >= 11 is 0. The number of rotatable bonds is 9. The molecule has 0 radical (unpaired) electrons. The van der Waals surface area contributed by atoms with Crippen molar-refractivity contribution >= 4 is 11.4 Å². The number of ether oxygens (including phenoxy) is 3. The number of nitrogens with two attached hydrogens (primary N) is 2. The van der Waals surface area contributed by atoms with Crippen molar-refractivity contribution in [1.82, 2.24) is 0 Å². The van der Waals surface area contributed by atoms with E-state index in [1.807, 2.05) is 0 Å². The summed E-state index contributed by atoms with van der Waals surface area (Å²) in [5.74, 6) is 0.565. The molecular formula is C12H20N2O4. The summed E-state index contributed by atoms with van der Waals surface area (Å²) in [6.45, 7) is 2.12. The Bertz CT molecular complexity index is 347. The molecule has 0 aromatic heterocycles. The summed E-state index contributed by atoms with van der Waals surface area (Å²) in [6, 6.07) is 5.10. The molecule has 0 atom stereocenters. The number of hydrogen-bond donors (Lipinski definition) is 3. The van der Waals surface area contributed by atoms with E-state index in [9.17, 15) is 0 Å². The predicted octanol–water partition coefficient (Wildman–Crippen LogP) is 0.255. The van der Waals surface area contributed by atoms with Crippen LogP contribution in [0.4, 0.5) is 11.4 Å². The average molecular weight is 256 g/mol. The van der Waals surface area contributed by atoms with Crippen molar-refractivity contribution in [3.05, 3.63) is 18.2 Å². The van der Waals surface area contributed by atoms with Crippen LogP contribution >= 0.6 is 0 Å². The Morgan fingerprint density at radius 2 is 1.61 bits per heavy atom. The number of anilines is 2. The topological polar surface area (TPSA) is 100.0 Å². The molecule has 6 heteroatoms. The van der Waals surface area contributed by atoms with Crippen molar-refractivity contribution in [2.45, 2.75) is 0 Å². The number of hydrogen-bond acceptors (Lipinski definition) is 6. The highest BCUT2D eigenvalue weighted by atomic mass is 16.5. The van der Waals surface area contributed by atoms with Gasteiger partial charge in [-0.2, -0.15) is 0 Å². The Labute approximate surface area is 106 Å². The van der Waals surface area contributed by atoms with E-state index in [0.717, 1.165) is 0 Å². The molecule has 18 heavy (non-hydrogen) atoms. The van der Waals surface area contributed by atoms with Gasteiger partial charge in [0.1, 0.15) is 12.4 Å².